The van der Waals surface area contributed by atoms with E-state index in [0.717, 1.165) is 12.0 Å². The fourth-order valence-corrected chi connectivity index (χ4v) is 4.65. The lowest BCUT2D eigenvalue weighted by molar-refractivity contribution is -0.00451. The van der Waals surface area contributed by atoms with Crippen molar-refractivity contribution in [2.45, 2.75) is 89.5 Å². The number of nitrogens with one attached hydrogen (secondary N) is 1. The maximum atomic E-state index is 6.11. The van der Waals surface area contributed by atoms with Crippen LogP contribution in [-0.4, -0.2) is 48.8 Å². The Kier molecular flexibility index (Phi) is 5.58. The van der Waals surface area contributed by atoms with Crippen LogP contribution >= 0.6 is 0 Å². The summed E-state index contributed by atoms with van der Waals surface area (Å²) < 4.78 is 6.11. The molecule has 0 radical (unpaired) electrons. The molecule has 1 saturated carbocycles. The molecule has 0 spiro atoms. The van der Waals surface area contributed by atoms with Gasteiger partial charge in [-0.25, -0.2) is 0 Å². The smallest absolute Gasteiger partial charge is 0.0706 e. The zero-order valence-corrected chi connectivity index (χ0v) is 14.0. The highest BCUT2D eigenvalue weighted by molar-refractivity contribution is 4.92. The van der Waals surface area contributed by atoms with Crippen LogP contribution in [0.5, 0.6) is 0 Å². The molecule has 4 unspecified atom stereocenters. The molecule has 122 valence electrons. The minimum atomic E-state index is 0.480. The van der Waals surface area contributed by atoms with Gasteiger partial charge in [-0.05, 0) is 44.9 Å². The number of piperazine rings is 1. The first-order chi connectivity index (χ1) is 10.3. The van der Waals surface area contributed by atoms with Crippen LogP contribution in [0.15, 0.2) is 0 Å². The summed E-state index contributed by atoms with van der Waals surface area (Å²) in [6.07, 6.45) is 12.0. The van der Waals surface area contributed by atoms with E-state index in [1.807, 2.05) is 0 Å². The normalized spacial score (nSPS) is 39.7. The van der Waals surface area contributed by atoms with Gasteiger partial charge in [0.25, 0.3) is 0 Å². The second kappa shape index (κ2) is 7.43. The highest BCUT2D eigenvalue weighted by Gasteiger charge is 2.35. The maximum Gasteiger partial charge on any atom is 0.0706 e. The Morgan fingerprint density at radius 3 is 2.57 bits per heavy atom. The number of rotatable bonds is 4. The summed E-state index contributed by atoms with van der Waals surface area (Å²) in [5.41, 5.74) is 0. The van der Waals surface area contributed by atoms with Crippen LogP contribution in [0.25, 0.3) is 0 Å². The van der Waals surface area contributed by atoms with Crippen molar-refractivity contribution in [2.75, 3.05) is 19.6 Å². The second-order valence-electron chi connectivity index (χ2n) is 7.58. The Morgan fingerprint density at radius 2 is 1.90 bits per heavy atom. The Balaban J connectivity index is 1.61. The van der Waals surface area contributed by atoms with Crippen LogP contribution in [0.4, 0.5) is 0 Å². The molecule has 3 fully saturated rings. The van der Waals surface area contributed by atoms with Gasteiger partial charge in [0.1, 0.15) is 0 Å². The minimum Gasteiger partial charge on any atom is -0.374 e. The van der Waals surface area contributed by atoms with Gasteiger partial charge in [0, 0.05) is 31.7 Å². The van der Waals surface area contributed by atoms with E-state index in [2.05, 4.69) is 24.1 Å². The SMILES string of the molecule is CCC1CN(CC2CCC(C)O2)C(C2CCCCC2)CN1. The molecule has 4 atom stereocenters. The molecular formula is C18H34N2O. The zero-order chi connectivity index (χ0) is 14.7. The summed E-state index contributed by atoms with van der Waals surface area (Å²) in [6, 6.07) is 1.44. The van der Waals surface area contributed by atoms with Crippen LogP contribution in [0.3, 0.4) is 0 Å². The third-order valence-electron chi connectivity index (χ3n) is 5.98. The maximum absolute atomic E-state index is 6.11. The van der Waals surface area contributed by atoms with Crippen molar-refractivity contribution in [1.82, 2.24) is 10.2 Å². The van der Waals surface area contributed by atoms with E-state index in [1.54, 1.807) is 0 Å². The molecule has 0 amide bonds. The van der Waals surface area contributed by atoms with Gasteiger partial charge >= 0.3 is 0 Å². The monoisotopic (exact) mass is 294 g/mol. The quantitative estimate of drug-likeness (QED) is 0.862. The van der Waals surface area contributed by atoms with Gasteiger partial charge in [0.15, 0.2) is 0 Å². The lowest BCUT2D eigenvalue weighted by Crippen LogP contribution is -2.60. The number of hydrogen-bond acceptors (Lipinski definition) is 3. The average molecular weight is 294 g/mol. The van der Waals surface area contributed by atoms with Crippen molar-refractivity contribution < 1.29 is 4.74 Å². The van der Waals surface area contributed by atoms with Crippen molar-refractivity contribution in [3.63, 3.8) is 0 Å². The fraction of sp³-hybridized carbons (Fsp3) is 1.00. The fourth-order valence-electron chi connectivity index (χ4n) is 4.65. The predicted octanol–water partition coefficient (Wildman–Crippen LogP) is 3.19. The summed E-state index contributed by atoms with van der Waals surface area (Å²) in [5.74, 6) is 0.919. The Labute approximate surface area is 130 Å². The van der Waals surface area contributed by atoms with Crippen molar-refractivity contribution in [3.8, 4) is 0 Å². The van der Waals surface area contributed by atoms with Crippen LogP contribution in [-0.2, 0) is 4.74 Å². The second-order valence-corrected chi connectivity index (χ2v) is 7.58. The van der Waals surface area contributed by atoms with E-state index < -0.39 is 0 Å². The molecule has 2 heterocycles. The van der Waals surface area contributed by atoms with Crippen molar-refractivity contribution in [3.05, 3.63) is 0 Å². The highest BCUT2D eigenvalue weighted by atomic mass is 16.5. The molecule has 2 saturated heterocycles. The van der Waals surface area contributed by atoms with Gasteiger partial charge in [0.2, 0.25) is 0 Å². The number of hydrogen-bond donors (Lipinski definition) is 1. The molecule has 3 aliphatic rings. The van der Waals surface area contributed by atoms with E-state index in [4.69, 9.17) is 4.74 Å². The third kappa shape index (κ3) is 4.00. The van der Waals surface area contributed by atoms with E-state index in [9.17, 15) is 0 Å². The Hall–Kier alpha value is -0.120. The van der Waals surface area contributed by atoms with Crippen molar-refractivity contribution >= 4 is 0 Å². The standard InChI is InChI=1S/C18H34N2O/c1-3-16-12-20(13-17-10-9-14(2)21-17)18(11-19-16)15-7-5-4-6-8-15/h14-19H,3-13H2,1-2H3. The van der Waals surface area contributed by atoms with Crippen molar-refractivity contribution in [2.24, 2.45) is 5.92 Å². The lowest BCUT2D eigenvalue weighted by Gasteiger charge is -2.45. The number of nitrogens with zero attached hydrogens (tertiary/aromatic N) is 1. The zero-order valence-electron chi connectivity index (χ0n) is 14.0. The van der Waals surface area contributed by atoms with E-state index in [1.165, 1.54) is 71.0 Å². The van der Waals surface area contributed by atoms with E-state index >= 15 is 0 Å². The summed E-state index contributed by atoms with van der Waals surface area (Å²) in [7, 11) is 0. The van der Waals surface area contributed by atoms with Gasteiger partial charge in [0.05, 0.1) is 12.2 Å². The molecule has 1 aliphatic carbocycles. The van der Waals surface area contributed by atoms with Crippen LogP contribution in [0.1, 0.15) is 65.2 Å². The Morgan fingerprint density at radius 1 is 1.10 bits per heavy atom. The first-order valence-corrected chi connectivity index (χ1v) is 9.39. The molecule has 0 aromatic rings. The molecule has 3 rings (SSSR count). The third-order valence-corrected chi connectivity index (χ3v) is 5.98. The van der Waals surface area contributed by atoms with Crippen LogP contribution in [0, 0.1) is 5.92 Å². The van der Waals surface area contributed by atoms with Crippen LogP contribution < -0.4 is 5.32 Å². The highest BCUT2D eigenvalue weighted by Crippen LogP contribution is 2.31. The van der Waals surface area contributed by atoms with Gasteiger partial charge in [-0.15, -0.1) is 0 Å². The summed E-state index contributed by atoms with van der Waals surface area (Å²) >= 11 is 0. The first kappa shape index (κ1) is 15.8. The van der Waals surface area contributed by atoms with Gasteiger partial charge in [-0.1, -0.05) is 26.2 Å². The molecule has 2 aliphatic heterocycles. The Bertz CT molecular complexity index is 316. The molecule has 0 bridgehead atoms. The molecule has 3 heteroatoms. The summed E-state index contributed by atoms with van der Waals surface area (Å²) in [5, 5.41) is 3.80. The molecular weight excluding hydrogens is 260 g/mol. The summed E-state index contributed by atoms with van der Waals surface area (Å²) in [6.45, 7) is 8.14. The van der Waals surface area contributed by atoms with E-state index in [0.29, 0.717) is 18.2 Å². The molecule has 21 heavy (non-hydrogen) atoms. The van der Waals surface area contributed by atoms with Gasteiger partial charge in [-0.3, -0.25) is 4.90 Å². The molecule has 3 nitrogen and oxygen atoms in total. The van der Waals surface area contributed by atoms with Crippen LogP contribution in [0.2, 0.25) is 0 Å². The molecule has 0 aromatic carbocycles. The average Bonchev–Trinajstić information content (AvgIpc) is 2.93. The molecule has 0 aromatic heterocycles. The predicted molar refractivity (Wildman–Crippen MR) is 87.6 cm³/mol. The van der Waals surface area contributed by atoms with Crippen molar-refractivity contribution in [1.29, 1.82) is 0 Å². The van der Waals surface area contributed by atoms with E-state index in [-0.39, 0.29) is 0 Å². The lowest BCUT2D eigenvalue weighted by atomic mass is 9.82. The topological polar surface area (TPSA) is 24.5 Å². The molecule has 1 N–H and O–H groups in total. The number of ether oxygens (including phenoxy) is 1. The van der Waals surface area contributed by atoms with Gasteiger partial charge < -0.3 is 10.1 Å². The largest absolute Gasteiger partial charge is 0.374 e. The first-order valence-electron chi connectivity index (χ1n) is 9.39. The summed E-state index contributed by atoms with van der Waals surface area (Å²) in [4.78, 5) is 2.80. The van der Waals surface area contributed by atoms with Gasteiger partial charge in [-0.2, -0.15) is 0 Å². The minimum absolute atomic E-state index is 0.480.